The van der Waals surface area contributed by atoms with Crippen LogP contribution in [0.5, 0.6) is 5.75 Å². The fourth-order valence-electron chi connectivity index (χ4n) is 1.54. The zero-order valence-electron chi connectivity index (χ0n) is 11.2. The molecule has 2 N–H and O–H groups in total. The number of nitrogens with one attached hydrogen (secondary N) is 1. The maximum atomic E-state index is 9.94. The van der Waals surface area contributed by atoms with Gasteiger partial charge in [-0.2, -0.15) is 0 Å². The summed E-state index contributed by atoms with van der Waals surface area (Å²) in [6.07, 6.45) is 0.496. The third kappa shape index (κ3) is 5.49. The summed E-state index contributed by atoms with van der Waals surface area (Å²) in [7, 11) is 1.66. The summed E-state index contributed by atoms with van der Waals surface area (Å²) in [5.41, 5.74) is 0.892. The van der Waals surface area contributed by atoms with E-state index in [9.17, 15) is 5.11 Å². The summed E-state index contributed by atoms with van der Waals surface area (Å²) >= 11 is 0. The normalized spacial score (nSPS) is 12.4. The first-order valence-corrected chi connectivity index (χ1v) is 6.38. The number of methoxy groups -OCH3 is 1. The van der Waals surface area contributed by atoms with Crippen molar-refractivity contribution in [3.05, 3.63) is 29.8 Å². The lowest BCUT2D eigenvalue weighted by Crippen LogP contribution is -2.24. The van der Waals surface area contributed by atoms with E-state index in [-0.39, 0.29) is 0 Å². The molecule has 0 spiro atoms. The molecule has 0 aliphatic heterocycles. The number of benzene rings is 1. The standard InChI is InChI=1S/C14H23NO3/c1-3-9-18-13-6-4-12(5-7-13)14(16)11-15-8-10-17-2/h4-7,14-16H,3,8-11H2,1-2H3. The molecule has 1 aromatic rings. The fraction of sp³-hybridized carbons (Fsp3) is 0.571. The molecule has 0 aliphatic rings. The van der Waals surface area contributed by atoms with Crippen LogP contribution in [-0.4, -0.2) is 38.5 Å². The topological polar surface area (TPSA) is 50.7 Å². The second-order valence-electron chi connectivity index (χ2n) is 4.13. The van der Waals surface area contributed by atoms with E-state index < -0.39 is 6.10 Å². The molecule has 0 saturated heterocycles. The molecule has 0 fully saturated rings. The first-order valence-electron chi connectivity index (χ1n) is 6.38. The number of aliphatic hydroxyl groups is 1. The van der Waals surface area contributed by atoms with Crippen LogP contribution >= 0.6 is 0 Å². The van der Waals surface area contributed by atoms with Gasteiger partial charge >= 0.3 is 0 Å². The zero-order valence-corrected chi connectivity index (χ0v) is 11.2. The average Bonchev–Trinajstić information content (AvgIpc) is 2.41. The van der Waals surface area contributed by atoms with Crippen LogP contribution in [0, 0.1) is 0 Å². The molecule has 0 amide bonds. The maximum Gasteiger partial charge on any atom is 0.119 e. The molecule has 0 radical (unpaired) electrons. The van der Waals surface area contributed by atoms with Crippen LogP contribution in [0.1, 0.15) is 25.0 Å². The quantitative estimate of drug-likeness (QED) is 0.658. The molecule has 0 bridgehead atoms. The molecule has 18 heavy (non-hydrogen) atoms. The van der Waals surface area contributed by atoms with E-state index in [2.05, 4.69) is 12.2 Å². The van der Waals surface area contributed by atoms with Gasteiger partial charge in [0, 0.05) is 20.2 Å². The largest absolute Gasteiger partial charge is 0.494 e. The number of hydrogen-bond acceptors (Lipinski definition) is 4. The lowest BCUT2D eigenvalue weighted by atomic mass is 10.1. The fourth-order valence-corrected chi connectivity index (χ4v) is 1.54. The van der Waals surface area contributed by atoms with E-state index in [4.69, 9.17) is 9.47 Å². The number of aliphatic hydroxyl groups excluding tert-OH is 1. The monoisotopic (exact) mass is 253 g/mol. The molecule has 4 heteroatoms. The van der Waals surface area contributed by atoms with Gasteiger partial charge in [-0.1, -0.05) is 19.1 Å². The Labute approximate surface area is 109 Å². The summed E-state index contributed by atoms with van der Waals surface area (Å²) in [6.45, 7) is 4.71. The SMILES string of the molecule is CCCOc1ccc(C(O)CNCCOC)cc1. The molecule has 1 unspecified atom stereocenters. The zero-order chi connectivity index (χ0) is 13.2. The third-order valence-electron chi connectivity index (χ3n) is 2.56. The second kappa shape index (κ2) is 8.91. The molecule has 4 nitrogen and oxygen atoms in total. The summed E-state index contributed by atoms with van der Waals surface area (Å²) in [5, 5.41) is 13.1. The van der Waals surface area contributed by atoms with E-state index in [0.717, 1.165) is 30.9 Å². The number of rotatable bonds is 9. The molecule has 102 valence electrons. The molecule has 0 heterocycles. The number of ether oxygens (including phenoxy) is 2. The average molecular weight is 253 g/mol. The van der Waals surface area contributed by atoms with Crippen molar-refractivity contribution in [2.75, 3.05) is 33.4 Å². The van der Waals surface area contributed by atoms with Crippen molar-refractivity contribution < 1.29 is 14.6 Å². The van der Waals surface area contributed by atoms with E-state index in [1.807, 2.05) is 24.3 Å². The molecule has 1 rings (SSSR count). The van der Waals surface area contributed by atoms with E-state index in [1.54, 1.807) is 7.11 Å². The molecule has 0 saturated carbocycles. The van der Waals surface area contributed by atoms with Gasteiger partial charge in [0.25, 0.3) is 0 Å². The Morgan fingerprint density at radius 2 is 1.94 bits per heavy atom. The van der Waals surface area contributed by atoms with Crippen molar-refractivity contribution in [2.45, 2.75) is 19.4 Å². The Balaban J connectivity index is 2.36. The Hall–Kier alpha value is -1.10. The minimum Gasteiger partial charge on any atom is -0.494 e. The first kappa shape index (κ1) is 15.0. The summed E-state index contributed by atoms with van der Waals surface area (Å²) in [4.78, 5) is 0. The highest BCUT2D eigenvalue weighted by Gasteiger charge is 2.06. The Morgan fingerprint density at radius 1 is 1.22 bits per heavy atom. The van der Waals surface area contributed by atoms with Crippen LogP contribution in [0.2, 0.25) is 0 Å². The van der Waals surface area contributed by atoms with Gasteiger partial charge in [-0.3, -0.25) is 0 Å². The third-order valence-corrected chi connectivity index (χ3v) is 2.56. The molecular formula is C14H23NO3. The minimum atomic E-state index is -0.498. The van der Waals surface area contributed by atoms with E-state index >= 15 is 0 Å². The molecule has 0 aliphatic carbocycles. The van der Waals surface area contributed by atoms with Gasteiger partial charge in [-0.15, -0.1) is 0 Å². The first-order chi connectivity index (χ1) is 8.77. The lowest BCUT2D eigenvalue weighted by Gasteiger charge is -2.13. The van der Waals surface area contributed by atoms with Gasteiger partial charge in [0.1, 0.15) is 5.75 Å². The van der Waals surface area contributed by atoms with Crippen molar-refractivity contribution >= 4 is 0 Å². The highest BCUT2D eigenvalue weighted by molar-refractivity contribution is 5.28. The van der Waals surface area contributed by atoms with Crippen molar-refractivity contribution in [1.29, 1.82) is 0 Å². The Bertz CT molecular complexity index is 313. The second-order valence-corrected chi connectivity index (χ2v) is 4.13. The van der Waals surface area contributed by atoms with E-state index in [1.165, 1.54) is 0 Å². The van der Waals surface area contributed by atoms with Crippen molar-refractivity contribution in [1.82, 2.24) is 5.32 Å². The minimum absolute atomic E-state index is 0.498. The summed E-state index contributed by atoms with van der Waals surface area (Å²) in [5.74, 6) is 0.847. The lowest BCUT2D eigenvalue weighted by molar-refractivity contribution is 0.161. The summed E-state index contributed by atoms with van der Waals surface area (Å²) in [6, 6.07) is 7.58. The molecule has 1 aromatic carbocycles. The van der Waals surface area contributed by atoms with E-state index in [0.29, 0.717) is 13.2 Å². The highest BCUT2D eigenvalue weighted by atomic mass is 16.5. The Morgan fingerprint density at radius 3 is 2.56 bits per heavy atom. The maximum absolute atomic E-state index is 9.94. The predicted octanol–water partition coefficient (Wildman–Crippen LogP) is 1.74. The van der Waals surface area contributed by atoms with Gasteiger partial charge in [0.15, 0.2) is 0 Å². The van der Waals surface area contributed by atoms with Crippen LogP contribution in [0.25, 0.3) is 0 Å². The highest BCUT2D eigenvalue weighted by Crippen LogP contribution is 2.17. The Kier molecular flexibility index (Phi) is 7.41. The summed E-state index contributed by atoms with van der Waals surface area (Å²) < 4.78 is 10.4. The van der Waals surface area contributed by atoms with Crippen LogP contribution < -0.4 is 10.1 Å². The smallest absolute Gasteiger partial charge is 0.119 e. The van der Waals surface area contributed by atoms with Gasteiger partial charge < -0.3 is 19.9 Å². The van der Waals surface area contributed by atoms with Crippen LogP contribution in [0.15, 0.2) is 24.3 Å². The molecular weight excluding hydrogens is 230 g/mol. The van der Waals surface area contributed by atoms with Crippen LogP contribution in [0.3, 0.4) is 0 Å². The van der Waals surface area contributed by atoms with Crippen molar-refractivity contribution in [3.63, 3.8) is 0 Å². The van der Waals surface area contributed by atoms with Crippen molar-refractivity contribution in [2.24, 2.45) is 0 Å². The van der Waals surface area contributed by atoms with Crippen LogP contribution in [0.4, 0.5) is 0 Å². The van der Waals surface area contributed by atoms with Crippen LogP contribution in [-0.2, 0) is 4.74 Å². The van der Waals surface area contributed by atoms with Crippen molar-refractivity contribution in [3.8, 4) is 5.75 Å². The number of hydrogen-bond donors (Lipinski definition) is 2. The van der Waals surface area contributed by atoms with Gasteiger partial charge in [0.2, 0.25) is 0 Å². The molecule has 0 aromatic heterocycles. The molecule has 1 atom stereocenters. The van der Waals surface area contributed by atoms with Gasteiger partial charge in [-0.25, -0.2) is 0 Å². The predicted molar refractivity (Wildman–Crippen MR) is 71.9 cm³/mol. The van der Waals surface area contributed by atoms with Gasteiger partial charge in [-0.05, 0) is 24.1 Å². The van der Waals surface area contributed by atoms with Gasteiger partial charge in [0.05, 0.1) is 19.3 Å².